The van der Waals surface area contributed by atoms with E-state index in [-0.39, 0.29) is 12.5 Å². The van der Waals surface area contributed by atoms with Gasteiger partial charge in [0.1, 0.15) is 6.54 Å². The number of aromatic nitrogens is 4. The Morgan fingerprint density at radius 2 is 2.04 bits per heavy atom. The summed E-state index contributed by atoms with van der Waals surface area (Å²) in [5.74, 6) is 0.609. The number of amides is 1. The van der Waals surface area contributed by atoms with E-state index in [4.69, 9.17) is 23.8 Å². The smallest absolute Gasteiger partial charge is 0.246 e. The van der Waals surface area contributed by atoms with E-state index in [9.17, 15) is 4.79 Å². The van der Waals surface area contributed by atoms with Crippen LogP contribution in [0.3, 0.4) is 0 Å². The first-order chi connectivity index (χ1) is 12.1. The van der Waals surface area contributed by atoms with Crippen LogP contribution in [0.15, 0.2) is 48.8 Å². The van der Waals surface area contributed by atoms with Crippen LogP contribution in [0.5, 0.6) is 0 Å². The molecule has 0 bridgehead atoms. The summed E-state index contributed by atoms with van der Waals surface area (Å²) < 4.78 is 5.72. The van der Waals surface area contributed by atoms with Gasteiger partial charge in [0.25, 0.3) is 0 Å². The van der Waals surface area contributed by atoms with Crippen molar-refractivity contribution < 1.29 is 4.79 Å². The Morgan fingerprint density at radius 1 is 1.28 bits per heavy atom. The topological polar surface area (TPSA) is 56.8 Å². The molecule has 8 heteroatoms. The molecule has 0 spiro atoms. The van der Waals surface area contributed by atoms with Crippen LogP contribution in [0.1, 0.15) is 19.2 Å². The van der Waals surface area contributed by atoms with E-state index in [1.165, 1.54) is 0 Å². The Hall–Kier alpha value is -2.38. The number of anilines is 1. The summed E-state index contributed by atoms with van der Waals surface area (Å²) in [7, 11) is 0. The van der Waals surface area contributed by atoms with Crippen molar-refractivity contribution in [1.29, 1.82) is 0 Å². The number of hydrogen-bond acceptors (Lipinski definition) is 3. The van der Waals surface area contributed by atoms with Crippen molar-refractivity contribution in [3.8, 4) is 0 Å². The molecule has 2 heterocycles. The van der Waals surface area contributed by atoms with Gasteiger partial charge in [0, 0.05) is 29.5 Å². The molecule has 0 atom stereocenters. The Bertz CT molecular complexity index is 929. The van der Waals surface area contributed by atoms with E-state index < -0.39 is 0 Å². The number of rotatable bonds is 6. The molecule has 0 radical (unpaired) electrons. The molecule has 1 aromatic carbocycles. The highest BCUT2D eigenvalue weighted by Gasteiger charge is 2.14. The second-order valence-electron chi connectivity index (χ2n) is 5.54. The fraction of sp³-hybridized carbons (Fsp3) is 0.235. The summed E-state index contributed by atoms with van der Waals surface area (Å²) in [5, 5.41) is 7.90. The second-order valence-corrected chi connectivity index (χ2v) is 6.34. The molecule has 6 nitrogen and oxygen atoms in total. The average Bonchev–Trinajstić information content (AvgIpc) is 3.17. The molecule has 3 rings (SSSR count). The lowest BCUT2D eigenvalue weighted by Crippen LogP contribution is -2.20. The van der Waals surface area contributed by atoms with Crippen LogP contribution in [-0.2, 0) is 17.8 Å². The number of aryl methyl sites for hydroxylation is 1. The Kier molecular flexibility index (Phi) is 5.35. The van der Waals surface area contributed by atoms with Gasteiger partial charge in [0.15, 0.2) is 5.82 Å². The van der Waals surface area contributed by atoms with E-state index in [0.717, 1.165) is 18.7 Å². The molecule has 1 amide bonds. The molecular weight excluding hydrogens is 358 g/mol. The van der Waals surface area contributed by atoms with Gasteiger partial charge in [-0.25, -0.2) is 9.36 Å². The highest BCUT2D eigenvalue weighted by atomic mass is 35.5. The molecule has 2 aromatic heterocycles. The number of benzene rings is 1. The van der Waals surface area contributed by atoms with Crippen molar-refractivity contribution in [3.05, 3.63) is 64.4 Å². The van der Waals surface area contributed by atoms with Crippen LogP contribution in [0, 0.1) is 4.77 Å². The second kappa shape index (κ2) is 7.67. The van der Waals surface area contributed by atoms with Gasteiger partial charge in [-0.3, -0.25) is 9.47 Å². The van der Waals surface area contributed by atoms with E-state index in [1.807, 2.05) is 33.9 Å². The van der Waals surface area contributed by atoms with Crippen LogP contribution < -0.4 is 5.32 Å². The van der Waals surface area contributed by atoms with E-state index in [1.54, 1.807) is 28.9 Å². The first-order valence-electron chi connectivity index (χ1n) is 7.96. The molecule has 1 N–H and O–H groups in total. The minimum Gasteiger partial charge on any atom is -0.324 e. The van der Waals surface area contributed by atoms with Crippen LogP contribution in [-0.4, -0.2) is 25.0 Å². The first-order valence-corrected chi connectivity index (χ1v) is 8.75. The maximum Gasteiger partial charge on any atom is 0.246 e. The fourth-order valence-electron chi connectivity index (χ4n) is 2.52. The van der Waals surface area contributed by atoms with Crippen molar-refractivity contribution in [2.45, 2.75) is 26.3 Å². The molecular formula is C17H18ClN5OS. The highest BCUT2D eigenvalue weighted by molar-refractivity contribution is 7.71. The number of halogens is 1. The van der Waals surface area contributed by atoms with Crippen LogP contribution in [0.4, 0.5) is 5.69 Å². The van der Waals surface area contributed by atoms with E-state index in [2.05, 4.69) is 17.3 Å². The third-order valence-corrected chi connectivity index (χ3v) is 4.20. The highest BCUT2D eigenvalue weighted by Crippen LogP contribution is 2.15. The van der Waals surface area contributed by atoms with Crippen molar-refractivity contribution in [1.82, 2.24) is 19.1 Å². The minimum absolute atomic E-state index is 0.0380. The maximum atomic E-state index is 12.3. The Balaban J connectivity index is 1.84. The van der Waals surface area contributed by atoms with E-state index in [0.29, 0.717) is 15.5 Å². The average molecular weight is 376 g/mol. The van der Waals surface area contributed by atoms with Gasteiger partial charge in [0.05, 0.1) is 0 Å². The predicted molar refractivity (Wildman–Crippen MR) is 100 cm³/mol. The van der Waals surface area contributed by atoms with Gasteiger partial charge >= 0.3 is 0 Å². The zero-order valence-electron chi connectivity index (χ0n) is 13.7. The van der Waals surface area contributed by atoms with Crippen molar-refractivity contribution in [2.75, 3.05) is 5.32 Å². The van der Waals surface area contributed by atoms with Crippen molar-refractivity contribution >= 4 is 35.4 Å². The minimum atomic E-state index is -0.210. The van der Waals surface area contributed by atoms with Gasteiger partial charge in [-0.15, -0.1) is 0 Å². The van der Waals surface area contributed by atoms with Gasteiger partial charge in [0.2, 0.25) is 10.7 Å². The quantitative estimate of drug-likeness (QED) is 0.667. The maximum absolute atomic E-state index is 12.3. The standard InChI is InChI=1S/C17H18ClN5OS/c1-2-6-15-20-22(17(25)23(15)21-9-3-4-10-21)12-16(24)19-14-8-5-7-13(18)11-14/h3-5,7-11H,2,6,12H2,1H3,(H,19,24). The Labute approximate surface area is 155 Å². The third kappa shape index (κ3) is 4.00. The summed E-state index contributed by atoms with van der Waals surface area (Å²) in [6.07, 6.45) is 5.49. The lowest BCUT2D eigenvalue weighted by Gasteiger charge is -2.07. The third-order valence-electron chi connectivity index (χ3n) is 3.58. The molecule has 0 saturated heterocycles. The molecule has 0 unspecified atom stereocenters. The summed E-state index contributed by atoms with van der Waals surface area (Å²) in [4.78, 5) is 12.3. The van der Waals surface area contributed by atoms with Gasteiger partial charge < -0.3 is 5.32 Å². The predicted octanol–water partition coefficient (Wildman–Crippen LogP) is 3.77. The van der Waals surface area contributed by atoms with E-state index >= 15 is 0 Å². The summed E-state index contributed by atoms with van der Waals surface area (Å²) >= 11 is 11.5. The van der Waals surface area contributed by atoms with Gasteiger partial charge in [-0.1, -0.05) is 24.6 Å². The summed E-state index contributed by atoms with van der Waals surface area (Å²) in [6, 6.07) is 10.8. The molecule has 130 valence electrons. The zero-order chi connectivity index (χ0) is 17.8. The van der Waals surface area contributed by atoms with Crippen LogP contribution in [0.25, 0.3) is 0 Å². The van der Waals surface area contributed by atoms with Crippen LogP contribution in [0.2, 0.25) is 5.02 Å². The molecule has 0 aliphatic heterocycles. The van der Waals surface area contributed by atoms with Crippen molar-refractivity contribution in [2.24, 2.45) is 0 Å². The zero-order valence-corrected chi connectivity index (χ0v) is 15.3. The van der Waals surface area contributed by atoms with Crippen LogP contribution >= 0.6 is 23.8 Å². The summed E-state index contributed by atoms with van der Waals surface area (Å²) in [5.41, 5.74) is 0.641. The molecule has 3 aromatic rings. The number of hydrogen-bond donors (Lipinski definition) is 1. The molecule has 25 heavy (non-hydrogen) atoms. The Morgan fingerprint density at radius 3 is 2.72 bits per heavy atom. The lowest BCUT2D eigenvalue weighted by molar-refractivity contribution is -0.116. The number of carbonyl (C=O) groups is 1. The summed E-state index contributed by atoms with van der Waals surface area (Å²) in [6.45, 7) is 2.12. The number of nitrogens with one attached hydrogen (secondary N) is 1. The van der Waals surface area contributed by atoms with Crippen molar-refractivity contribution in [3.63, 3.8) is 0 Å². The number of carbonyl (C=O) groups excluding carboxylic acids is 1. The molecule has 0 aliphatic rings. The SMILES string of the molecule is CCCc1nn(CC(=O)Nc2cccc(Cl)c2)c(=S)n1-n1cccc1. The molecule has 0 saturated carbocycles. The first kappa shape index (κ1) is 17.4. The molecule has 0 fully saturated rings. The lowest BCUT2D eigenvalue weighted by atomic mass is 10.3. The fourth-order valence-corrected chi connectivity index (χ4v) is 3.02. The number of nitrogens with zero attached hydrogens (tertiary/aromatic N) is 4. The van der Waals surface area contributed by atoms with Gasteiger partial charge in [-0.05, 0) is 49.0 Å². The normalized spacial score (nSPS) is 10.8. The monoisotopic (exact) mass is 375 g/mol. The van der Waals surface area contributed by atoms with Gasteiger partial charge in [-0.2, -0.15) is 5.10 Å². The molecule has 0 aliphatic carbocycles. The largest absolute Gasteiger partial charge is 0.324 e.